The average molecular weight is 299 g/mol. The van der Waals surface area contributed by atoms with Gasteiger partial charge in [-0.2, -0.15) is 0 Å². The quantitative estimate of drug-likeness (QED) is 0.928. The lowest BCUT2D eigenvalue weighted by molar-refractivity contribution is 0.309. The van der Waals surface area contributed by atoms with E-state index in [0.717, 1.165) is 34.9 Å². The summed E-state index contributed by atoms with van der Waals surface area (Å²) in [4.78, 5) is 2.32. The van der Waals surface area contributed by atoms with Crippen molar-refractivity contribution in [3.8, 4) is 11.5 Å². The van der Waals surface area contributed by atoms with Crippen LogP contribution in [-0.2, 0) is 0 Å². The Bertz CT molecular complexity index is 493. The molecule has 2 rings (SSSR count). The number of nitrogens with two attached hydrogens (primary N) is 1. The monoisotopic (exact) mass is 298 g/mol. The summed E-state index contributed by atoms with van der Waals surface area (Å²) < 4.78 is 10.8. The summed E-state index contributed by atoms with van der Waals surface area (Å²) in [6.45, 7) is 3.75. The molecule has 0 amide bonds. The minimum atomic E-state index is 0.288. The van der Waals surface area contributed by atoms with Crippen LogP contribution in [0.3, 0.4) is 0 Å². The molecule has 2 N–H and O–H groups in total. The van der Waals surface area contributed by atoms with Gasteiger partial charge in [-0.05, 0) is 38.4 Å². The van der Waals surface area contributed by atoms with Gasteiger partial charge in [-0.25, -0.2) is 0 Å². The van der Waals surface area contributed by atoms with Crippen molar-refractivity contribution in [3.63, 3.8) is 0 Å². The van der Waals surface area contributed by atoms with Crippen LogP contribution in [0.2, 0.25) is 5.02 Å². The first-order valence-electron chi connectivity index (χ1n) is 6.84. The Hall–Kier alpha value is -0.970. The van der Waals surface area contributed by atoms with Crippen molar-refractivity contribution in [3.05, 3.63) is 22.2 Å². The van der Waals surface area contributed by atoms with Crippen molar-refractivity contribution < 1.29 is 9.47 Å². The van der Waals surface area contributed by atoms with Gasteiger partial charge in [-0.3, -0.25) is 4.90 Å². The fraction of sp³-hybridized carbons (Fsp3) is 0.600. The zero-order valence-electron chi connectivity index (χ0n) is 12.6. The highest BCUT2D eigenvalue weighted by atomic mass is 35.5. The molecule has 1 aliphatic rings. The van der Waals surface area contributed by atoms with E-state index < -0.39 is 0 Å². The van der Waals surface area contributed by atoms with E-state index in [-0.39, 0.29) is 6.04 Å². The van der Waals surface area contributed by atoms with E-state index in [4.69, 9.17) is 26.8 Å². The van der Waals surface area contributed by atoms with Gasteiger partial charge in [0, 0.05) is 29.2 Å². The Balaban J connectivity index is 2.47. The van der Waals surface area contributed by atoms with Crippen LogP contribution in [0, 0.1) is 12.8 Å². The molecule has 1 saturated heterocycles. The molecule has 1 heterocycles. The molecular weight excluding hydrogens is 276 g/mol. The summed E-state index contributed by atoms with van der Waals surface area (Å²) >= 11 is 6.49. The number of ether oxygens (including phenoxy) is 2. The fourth-order valence-electron chi connectivity index (χ4n) is 3.17. The zero-order valence-corrected chi connectivity index (χ0v) is 13.3. The minimum Gasteiger partial charge on any atom is -0.493 e. The van der Waals surface area contributed by atoms with Crippen molar-refractivity contribution >= 4 is 11.6 Å². The van der Waals surface area contributed by atoms with Crippen molar-refractivity contribution in [1.82, 2.24) is 4.90 Å². The lowest BCUT2D eigenvalue weighted by Gasteiger charge is -2.25. The first-order chi connectivity index (χ1) is 9.53. The topological polar surface area (TPSA) is 47.7 Å². The zero-order chi connectivity index (χ0) is 14.9. The second kappa shape index (κ2) is 6.20. The molecule has 1 aliphatic heterocycles. The van der Waals surface area contributed by atoms with E-state index in [0.29, 0.717) is 18.2 Å². The van der Waals surface area contributed by atoms with E-state index in [1.54, 1.807) is 14.2 Å². The predicted octanol–water partition coefficient (Wildman–Crippen LogP) is 2.62. The van der Waals surface area contributed by atoms with Crippen LogP contribution in [0.25, 0.3) is 0 Å². The van der Waals surface area contributed by atoms with Gasteiger partial charge in [-0.15, -0.1) is 0 Å². The number of hydrogen-bond donors (Lipinski definition) is 1. The maximum atomic E-state index is 6.49. The van der Waals surface area contributed by atoms with Gasteiger partial charge >= 0.3 is 0 Å². The van der Waals surface area contributed by atoms with Crippen molar-refractivity contribution in [1.29, 1.82) is 0 Å². The summed E-state index contributed by atoms with van der Waals surface area (Å²) in [5.41, 5.74) is 7.98. The lowest BCUT2D eigenvalue weighted by Crippen LogP contribution is -2.21. The van der Waals surface area contributed by atoms with E-state index in [1.807, 2.05) is 13.0 Å². The van der Waals surface area contributed by atoms with Gasteiger partial charge in [0.15, 0.2) is 11.5 Å². The molecule has 1 aromatic rings. The Labute approximate surface area is 125 Å². The second-order valence-corrected chi connectivity index (χ2v) is 5.83. The molecule has 0 radical (unpaired) electrons. The first-order valence-corrected chi connectivity index (χ1v) is 7.22. The van der Waals surface area contributed by atoms with Gasteiger partial charge in [0.2, 0.25) is 0 Å². The third-order valence-electron chi connectivity index (χ3n) is 4.21. The third-order valence-corrected chi connectivity index (χ3v) is 4.52. The smallest absolute Gasteiger partial charge is 0.164 e. The molecule has 2 atom stereocenters. The maximum Gasteiger partial charge on any atom is 0.164 e. The van der Waals surface area contributed by atoms with Crippen LogP contribution in [0.4, 0.5) is 0 Å². The fourth-order valence-corrected chi connectivity index (χ4v) is 3.54. The van der Waals surface area contributed by atoms with Crippen LogP contribution in [-0.4, -0.2) is 39.3 Å². The predicted molar refractivity (Wildman–Crippen MR) is 81.8 cm³/mol. The molecular formula is C15H23ClN2O2. The Morgan fingerprint density at radius 2 is 2.10 bits per heavy atom. The van der Waals surface area contributed by atoms with Gasteiger partial charge in [0.25, 0.3) is 0 Å². The number of halogens is 1. The standard InChI is InChI=1S/C15H23ClN2O2/c1-9-14(12-5-10(7-17)8-18(12)2)11(16)6-13(19-3)15(9)20-4/h6,10,12H,5,7-8,17H2,1-4H3. The first kappa shape index (κ1) is 15.4. The number of benzene rings is 1. The van der Waals surface area contributed by atoms with E-state index in [9.17, 15) is 0 Å². The Morgan fingerprint density at radius 1 is 1.40 bits per heavy atom. The van der Waals surface area contributed by atoms with Gasteiger partial charge in [0.05, 0.1) is 14.2 Å². The molecule has 0 saturated carbocycles. The highest BCUT2D eigenvalue weighted by Gasteiger charge is 2.33. The van der Waals surface area contributed by atoms with Crippen LogP contribution in [0.15, 0.2) is 6.07 Å². The van der Waals surface area contributed by atoms with Crippen molar-refractivity contribution in [2.75, 3.05) is 34.4 Å². The van der Waals surface area contributed by atoms with Crippen molar-refractivity contribution in [2.24, 2.45) is 11.7 Å². The summed E-state index contributed by atoms with van der Waals surface area (Å²) in [5.74, 6) is 1.96. The average Bonchev–Trinajstić information content (AvgIpc) is 2.79. The number of likely N-dealkylation sites (tertiary alicyclic amines) is 1. The van der Waals surface area contributed by atoms with E-state index in [1.165, 1.54) is 0 Å². The summed E-state index contributed by atoms with van der Waals surface area (Å²) in [6, 6.07) is 2.13. The number of hydrogen-bond acceptors (Lipinski definition) is 4. The molecule has 0 spiro atoms. The number of methoxy groups -OCH3 is 2. The summed E-state index contributed by atoms with van der Waals surface area (Å²) in [6.07, 6.45) is 1.03. The van der Waals surface area contributed by atoms with E-state index >= 15 is 0 Å². The molecule has 1 fully saturated rings. The minimum absolute atomic E-state index is 0.288. The normalized spacial score (nSPS) is 23.1. The van der Waals surface area contributed by atoms with Gasteiger partial charge < -0.3 is 15.2 Å². The Morgan fingerprint density at radius 3 is 2.60 bits per heavy atom. The second-order valence-electron chi connectivity index (χ2n) is 5.43. The Kier molecular flexibility index (Phi) is 4.78. The third kappa shape index (κ3) is 2.60. The lowest BCUT2D eigenvalue weighted by atomic mass is 9.95. The summed E-state index contributed by atoms with van der Waals surface area (Å²) in [7, 11) is 5.40. The molecule has 4 nitrogen and oxygen atoms in total. The van der Waals surface area contributed by atoms with E-state index in [2.05, 4.69) is 11.9 Å². The van der Waals surface area contributed by atoms with Gasteiger partial charge in [0.1, 0.15) is 0 Å². The van der Waals surface area contributed by atoms with Crippen LogP contribution < -0.4 is 15.2 Å². The largest absolute Gasteiger partial charge is 0.493 e. The SMILES string of the molecule is COc1cc(Cl)c(C2CC(CN)CN2C)c(C)c1OC. The molecule has 112 valence electrons. The van der Waals surface area contributed by atoms with Crippen LogP contribution >= 0.6 is 11.6 Å². The van der Waals surface area contributed by atoms with Crippen LogP contribution in [0.5, 0.6) is 11.5 Å². The van der Waals surface area contributed by atoms with Crippen LogP contribution in [0.1, 0.15) is 23.6 Å². The molecule has 20 heavy (non-hydrogen) atoms. The highest BCUT2D eigenvalue weighted by Crippen LogP contribution is 2.45. The highest BCUT2D eigenvalue weighted by molar-refractivity contribution is 6.31. The molecule has 1 aromatic carbocycles. The molecule has 5 heteroatoms. The molecule has 0 bridgehead atoms. The molecule has 0 aliphatic carbocycles. The maximum absolute atomic E-state index is 6.49. The molecule has 0 aromatic heterocycles. The van der Waals surface area contributed by atoms with Gasteiger partial charge in [-0.1, -0.05) is 11.6 Å². The summed E-state index contributed by atoms with van der Waals surface area (Å²) in [5, 5.41) is 0.731. The van der Waals surface area contributed by atoms with Crippen molar-refractivity contribution in [2.45, 2.75) is 19.4 Å². The number of nitrogens with zero attached hydrogens (tertiary/aromatic N) is 1. The number of rotatable bonds is 4. The molecule has 2 unspecified atom stereocenters.